The second kappa shape index (κ2) is 10.5. The number of hydrogen-bond acceptors (Lipinski definition) is 2. The maximum absolute atomic E-state index is 10.3. The topological polar surface area (TPSA) is 32.0 Å². The van der Waals surface area contributed by atoms with Crippen molar-refractivity contribution in [2.24, 2.45) is 0 Å². The van der Waals surface area contributed by atoms with Crippen molar-refractivity contribution >= 4 is 33.2 Å². The number of fused-ring (bicyclic) bond motifs is 6. The van der Waals surface area contributed by atoms with Crippen LogP contribution < -0.4 is 4.90 Å². The molecule has 1 aromatic heterocycles. The molecular formula is C43H29N3. The zero-order chi connectivity index (χ0) is 30.6. The lowest BCUT2D eigenvalue weighted by Crippen LogP contribution is -2.29. The summed E-state index contributed by atoms with van der Waals surface area (Å²) in [4.78, 5) is 2.37. The molecule has 3 heteroatoms. The second-order valence-corrected chi connectivity index (χ2v) is 12.0. The zero-order valence-corrected chi connectivity index (χ0v) is 25.1. The molecule has 3 nitrogen and oxygen atoms in total. The average molecular weight is 588 g/mol. The Bertz CT molecular complexity index is 2330. The number of anilines is 2. The first-order valence-corrected chi connectivity index (χ1v) is 15.8. The molecule has 1 aliphatic heterocycles. The quantitative estimate of drug-likeness (QED) is 0.205. The van der Waals surface area contributed by atoms with E-state index in [0.717, 1.165) is 39.3 Å². The predicted octanol–water partition coefficient (Wildman–Crippen LogP) is 10.7. The third kappa shape index (κ3) is 3.98. The van der Waals surface area contributed by atoms with Crippen molar-refractivity contribution in [3.63, 3.8) is 0 Å². The average Bonchev–Trinajstić information content (AvgIpc) is 3.64. The summed E-state index contributed by atoms with van der Waals surface area (Å²) >= 11 is 0. The summed E-state index contributed by atoms with van der Waals surface area (Å²) in [6.07, 6.45) is 8.79. The number of para-hydroxylation sites is 4. The van der Waals surface area contributed by atoms with Crippen LogP contribution in [0.1, 0.15) is 17.0 Å². The highest BCUT2D eigenvalue weighted by atomic mass is 15.2. The van der Waals surface area contributed by atoms with Crippen LogP contribution in [0, 0.1) is 11.3 Å². The minimum atomic E-state index is 0.128. The number of nitriles is 1. The van der Waals surface area contributed by atoms with Crippen LogP contribution in [0.4, 0.5) is 11.4 Å². The number of allylic oxidation sites excluding steroid dienone is 2. The first kappa shape index (κ1) is 26.3. The molecule has 7 aromatic rings. The molecule has 0 fully saturated rings. The first-order chi connectivity index (χ1) is 22.8. The maximum atomic E-state index is 10.3. The van der Waals surface area contributed by atoms with E-state index in [1.807, 2.05) is 12.1 Å². The van der Waals surface area contributed by atoms with E-state index in [1.165, 1.54) is 27.4 Å². The van der Waals surface area contributed by atoms with E-state index in [-0.39, 0.29) is 12.0 Å². The molecule has 0 spiro atoms. The summed E-state index contributed by atoms with van der Waals surface area (Å²) in [7, 11) is 0. The third-order valence-corrected chi connectivity index (χ3v) is 9.59. The lowest BCUT2D eigenvalue weighted by Gasteiger charge is -2.31. The number of hydrogen-bond donors (Lipinski definition) is 0. The van der Waals surface area contributed by atoms with E-state index in [9.17, 15) is 5.26 Å². The molecule has 0 bridgehead atoms. The van der Waals surface area contributed by atoms with Gasteiger partial charge in [-0.25, -0.2) is 0 Å². The molecule has 0 saturated heterocycles. The van der Waals surface area contributed by atoms with E-state index in [4.69, 9.17) is 0 Å². The van der Waals surface area contributed by atoms with E-state index in [1.54, 1.807) is 0 Å². The number of benzene rings is 6. The summed E-state index contributed by atoms with van der Waals surface area (Å²) < 4.78 is 2.35. The molecule has 1 aliphatic carbocycles. The smallest absolute Gasteiger partial charge is 0.101 e. The maximum Gasteiger partial charge on any atom is 0.101 e. The second-order valence-electron chi connectivity index (χ2n) is 12.0. The van der Waals surface area contributed by atoms with Crippen LogP contribution in [0.2, 0.25) is 0 Å². The summed E-state index contributed by atoms with van der Waals surface area (Å²) in [5.74, 6) is 0.258. The fourth-order valence-electron chi connectivity index (χ4n) is 7.52. The lowest BCUT2D eigenvalue weighted by molar-refractivity contribution is 0.744. The molecule has 2 atom stereocenters. The summed E-state index contributed by atoms with van der Waals surface area (Å²) in [5.41, 5.74) is 12.1. The van der Waals surface area contributed by atoms with Crippen molar-refractivity contribution in [1.82, 2.24) is 4.57 Å². The standard InChI is InChI=1S/C43H29N3/c44-28-32-10-9-15-34(43(32)46-41-18-7-3-13-37(41)38-14-4-8-19-42(38)46)31-22-20-29(21-23-31)30-24-26-33(27-25-30)45-39-16-5-1-11-35(39)36-12-2-6-17-40(36)45/h1-27,37,41H. The number of rotatable bonds is 4. The van der Waals surface area contributed by atoms with Gasteiger partial charge in [-0.2, -0.15) is 5.26 Å². The Hall–Kier alpha value is -6.11. The van der Waals surface area contributed by atoms with Gasteiger partial charge in [0, 0.05) is 33.6 Å². The van der Waals surface area contributed by atoms with Gasteiger partial charge >= 0.3 is 0 Å². The number of nitrogens with zero attached hydrogens (tertiary/aromatic N) is 3. The Kier molecular flexibility index (Phi) is 6.01. The summed E-state index contributed by atoms with van der Waals surface area (Å²) in [5, 5.41) is 12.8. The molecule has 2 unspecified atom stereocenters. The van der Waals surface area contributed by atoms with Crippen LogP contribution in [0.5, 0.6) is 0 Å². The molecule has 216 valence electrons. The van der Waals surface area contributed by atoms with Crippen molar-refractivity contribution in [3.05, 3.63) is 175 Å². The minimum absolute atomic E-state index is 0.128. The Balaban J connectivity index is 1.09. The van der Waals surface area contributed by atoms with Gasteiger partial charge in [0.2, 0.25) is 0 Å². The SMILES string of the molecule is N#Cc1cccc(-c2ccc(-c3ccc(-n4c5ccccc5c5ccccc54)cc3)cc2)c1N1c2ccccc2C2C=CC=CC21. The molecular weight excluding hydrogens is 558 g/mol. The van der Waals surface area contributed by atoms with Gasteiger partial charge in [-0.05, 0) is 58.7 Å². The Morgan fingerprint density at radius 1 is 0.543 bits per heavy atom. The zero-order valence-electron chi connectivity index (χ0n) is 25.1. The predicted molar refractivity (Wildman–Crippen MR) is 190 cm³/mol. The van der Waals surface area contributed by atoms with Crippen molar-refractivity contribution in [2.75, 3.05) is 4.90 Å². The van der Waals surface area contributed by atoms with E-state index in [0.29, 0.717) is 5.56 Å². The molecule has 0 saturated carbocycles. The Labute approximate surface area is 268 Å². The summed E-state index contributed by atoms with van der Waals surface area (Å²) in [6, 6.07) is 52.1. The third-order valence-electron chi connectivity index (χ3n) is 9.59. The van der Waals surface area contributed by atoms with Gasteiger partial charge in [0.15, 0.2) is 0 Å². The molecule has 6 aromatic carbocycles. The van der Waals surface area contributed by atoms with Gasteiger partial charge < -0.3 is 9.47 Å². The van der Waals surface area contributed by atoms with Crippen molar-refractivity contribution in [3.8, 4) is 34.0 Å². The monoisotopic (exact) mass is 587 g/mol. The van der Waals surface area contributed by atoms with E-state index in [2.05, 4.69) is 167 Å². The van der Waals surface area contributed by atoms with Crippen LogP contribution >= 0.6 is 0 Å². The molecule has 2 heterocycles. The molecule has 0 amide bonds. The Morgan fingerprint density at radius 2 is 1.15 bits per heavy atom. The fourth-order valence-corrected chi connectivity index (χ4v) is 7.52. The molecule has 2 aliphatic rings. The highest BCUT2D eigenvalue weighted by molar-refractivity contribution is 6.09. The van der Waals surface area contributed by atoms with Gasteiger partial charge in [-0.1, -0.05) is 127 Å². The van der Waals surface area contributed by atoms with Crippen LogP contribution in [0.25, 0.3) is 49.7 Å². The first-order valence-electron chi connectivity index (χ1n) is 15.8. The highest BCUT2D eigenvalue weighted by Gasteiger charge is 2.38. The van der Waals surface area contributed by atoms with Gasteiger partial charge in [0.1, 0.15) is 6.07 Å². The van der Waals surface area contributed by atoms with E-state index < -0.39 is 0 Å². The highest BCUT2D eigenvalue weighted by Crippen LogP contribution is 2.50. The molecule has 0 N–H and O–H groups in total. The van der Waals surface area contributed by atoms with Gasteiger partial charge in [0.25, 0.3) is 0 Å². The van der Waals surface area contributed by atoms with E-state index >= 15 is 0 Å². The lowest BCUT2D eigenvalue weighted by atomic mass is 9.91. The normalized spacial score (nSPS) is 16.5. The van der Waals surface area contributed by atoms with Crippen LogP contribution in [0.15, 0.2) is 164 Å². The Morgan fingerprint density at radius 3 is 1.87 bits per heavy atom. The largest absolute Gasteiger partial charge is 0.332 e. The van der Waals surface area contributed by atoms with Crippen molar-refractivity contribution in [1.29, 1.82) is 5.26 Å². The molecule has 9 rings (SSSR count). The number of aromatic nitrogens is 1. The summed E-state index contributed by atoms with van der Waals surface area (Å²) in [6.45, 7) is 0. The van der Waals surface area contributed by atoms with Crippen LogP contribution in [0.3, 0.4) is 0 Å². The molecule has 46 heavy (non-hydrogen) atoms. The van der Waals surface area contributed by atoms with Gasteiger partial charge in [-0.15, -0.1) is 0 Å². The van der Waals surface area contributed by atoms with Crippen molar-refractivity contribution in [2.45, 2.75) is 12.0 Å². The van der Waals surface area contributed by atoms with Crippen LogP contribution in [-0.2, 0) is 0 Å². The van der Waals surface area contributed by atoms with Gasteiger partial charge in [0.05, 0.1) is 28.3 Å². The van der Waals surface area contributed by atoms with Crippen LogP contribution in [-0.4, -0.2) is 10.6 Å². The molecule has 0 radical (unpaired) electrons. The fraction of sp³-hybridized carbons (Fsp3) is 0.0465. The van der Waals surface area contributed by atoms with Gasteiger partial charge in [-0.3, -0.25) is 0 Å². The minimum Gasteiger partial charge on any atom is -0.332 e. The van der Waals surface area contributed by atoms with Crippen molar-refractivity contribution < 1.29 is 0 Å².